The van der Waals surface area contributed by atoms with E-state index in [-0.39, 0.29) is 0 Å². The van der Waals surface area contributed by atoms with E-state index in [4.69, 9.17) is 0 Å². The van der Waals surface area contributed by atoms with Crippen LogP contribution in [0.1, 0.15) is 11.3 Å². The summed E-state index contributed by atoms with van der Waals surface area (Å²) >= 11 is 0. The van der Waals surface area contributed by atoms with Crippen molar-refractivity contribution in [1.82, 2.24) is 15.0 Å². The fraction of sp³-hybridized carbons (Fsp3) is 0.107. The van der Waals surface area contributed by atoms with Crippen molar-refractivity contribution in [2.45, 2.75) is 13.3 Å². The second kappa shape index (κ2) is 8.98. The van der Waals surface area contributed by atoms with Gasteiger partial charge in [0.25, 0.3) is 0 Å². The Morgan fingerprint density at radius 2 is 1.53 bits per heavy atom. The number of benzene rings is 2. The highest BCUT2D eigenvalue weighted by Gasteiger charge is 2.06. The van der Waals surface area contributed by atoms with Crippen molar-refractivity contribution in [3.8, 4) is 22.4 Å². The molecule has 5 rings (SSSR count). The molecule has 2 aromatic carbocycles. The number of hydrogen-bond acceptors (Lipinski definition) is 4. The minimum Gasteiger partial charge on any atom is -0.369 e. The van der Waals surface area contributed by atoms with Crippen LogP contribution in [0, 0.1) is 6.92 Å². The van der Waals surface area contributed by atoms with E-state index in [1.165, 1.54) is 16.7 Å². The van der Waals surface area contributed by atoms with Gasteiger partial charge in [-0.15, -0.1) is 0 Å². The van der Waals surface area contributed by atoms with E-state index in [9.17, 15) is 0 Å². The number of hydrogen-bond donors (Lipinski definition) is 1. The molecule has 0 bridgehead atoms. The monoisotopic (exact) mass is 416 g/mol. The van der Waals surface area contributed by atoms with E-state index in [1.54, 1.807) is 0 Å². The van der Waals surface area contributed by atoms with Gasteiger partial charge in [-0.1, -0.05) is 54.6 Å². The third kappa shape index (κ3) is 4.35. The molecular weight excluding hydrogens is 392 g/mol. The fourth-order valence-corrected chi connectivity index (χ4v) is 3.89. The molecule has 5 aromatic rings. The highest BCUT2D eigenvalue weighted by molar-refractivity contribution is 5.93. The van der Waals surface area contributed by atoms with Gasteiger partial charge in [0, 0.05) is 41.8 Å². The molecule has 0 saturated carbocycles. The van der Waals surface area contributed by atoms with Crippen molar-refractivity contribution >= 4 is 16.6 Å². The first-order chi connectivity index (χ1) is 15.8. The van der Waals surface area contributed by atoms with Gasteiger partial charge in [0.1, 0.15) is 5.82 Å². The van der Waals surface area contributed by atoms with Crippen LogP contribution in [0.3, 0.4) is 0 Å². The Hall–Kier alpha value is -4.05. The maximum atomic E-state index is 4.66. The van der Waals surface area contributed by atoms with Gasteiger partial charge in [-0.05, 0) is 59.7 Å². The normalized spacial score (nSPS) is 10.9. The number of nitrogens with one attached hydrogen (secondary N) is 1. The lowest BCUT2D eigenvalue weighted by atomic mass is 10.0. The topological polar surface area (TPSA) is 50.7 Å². The predicted molar refractivity (Wildman–Crippen MR) is 132 cm³/mol. The van der Waals surface area contributed by atoms with E-state index in [2.05, 4.69) is 68.8 Å². The number of aryl methyl sites for hydroxylation is 1. The van der Waals surface area contributed by atoms with Crippen LogP contribution in [0.4, 0.5) is 5.82 Å². The average molecular weight is 417 g/mol. The molecule has 0 fully saturated rings. The first kappa shape index (κ1) is 19.9. The molecule has 0 saturated heterocycles. The summed E-state index contributed by atoms with van der Waals surface area (Å²) < 4.78 is 0. The molecule has 0 radical (unpaired) electrons. The zero-order valence-electron chi connectivity index (χ0n) is 18.0. The average Bonchev–Trinajstić information content (AvgIpc) is 2.85. The molecule has 156 valence electrons. The zero-order chi connectivity index (χ0) is 21.8. The van der Waals surface area contributed by atoms with Gasteiger partial charge < -0.3 is 5.32 Å². The Labute approximate surface area is 188 Å². The maximum absolute atomic E-state index is 4.66. The van der Waals surface area contributed by atoms with Crippen molar-refractivity contribution in [3.63, 3.8) is 0 Å². The summed E-state index contributed by atoms with van der Waals surface area (Å²) in [5.74, 6) is 0.874. The molecule has 32 heavy (non-hydrogen) atoms. The molecule has 3 heterocycles. The molecule has 0 unspecified atom stereocenters. The largest absolute Gasteiger partial charge is 0.369 e. The quantitative estimate of drug-likeness (QED) is 0.352. The third-order valence-electron chi connectivity index (χ3n) is 5.61. The summed E-state index contributed by atoms with van der Waals surface area (Å²) in [5.41, 5.74) is 6.82. The molecule has 0 aliphatic rings. The lowest BCUT2D eigenvalue weighted by molar-refractivity contribution is 1.01. The van der Waals surface area contributed by atoms with E-state index in [0.29, 0.717) is 0 Å². The smallest absolute Gasteiger partial charge is 0.135 e. The molecule has 4 heteroatoms. The second-order valence-corrected chi connectivity index (χ2v) is 7.88. The highest BCUT2D eigenvalue weighted by Crippen LogP contribution is 2.25. The number of pyridine rings is 3. The van der Waals surface area contributed by atoms with Gasteiger partial charge in [0.15, 0.2) is 0 Å². The standard InChI is InChI=1S/C28H24N4/c1-20-17-24(12-15-29-20)22-9-7-21(8-10-22)11-14-30-28-26-19-32-27(18-25(26)13-16-31-28)23-5-3-2-4-6-23/h2-10,12-13,15-19H,11,14H2,1H3,(H,30,31). The molecule has 0 spiro atoms. The minimum absolute atomic E-state index is 0.806. The van der Waals surface area contributed by atoms with Gasteiger partial charge >= 0.3 is 0 Å². The lowest BCUT2D eigenvalue weighted by Crippen LogP contribution is -2.06. The van der Waals surface area contributed by atoms with Crippen LogP contribution in [0.5, 0.6) is 0 Å². The maximum Gasteiger partial charge on any atom is 0.135 e. The van der Waals surface area contributed by atoms with Gasteiger partial charge in [0.05, 0.1) is 5.69 Å². The Balaban J connectivity index is 1.27. The third-order valence-corrected chi connectivity index (χ3v) is 5.61. The summed E-state index contributed by atoms with van der Waals surface area (Å²) in [7, 11) is 0. The minimum atomic E-state index is 0.806. The van der Waals surface area contributed by atoms with Gasteiger partial charge in [-0.25, -0.2) is 4.98 Å². The van der Waals surface area contributed by atoms with E-state index < -0.39 is 0 Å². The molecule has 0 atom stereocenters. The van der Waals surface area contributed by atoms with Crippen LogP contribution in [-0.2, 0) is 6.42 Å². The summed E-state index contributed by atoms with van der Waals surface area (Å²) in [4.78, 5) is 13.5. The molecular formula is C28H24N4. The number of anilines is 1. The lowest BCUT2D eigenvalue weighted by Gasteiger charge is -2.10. The number of fused-ring (bicyclic) bond motifs is 1. The first-order valence-corrected chi connectivity index (χ1v) is 10.8. The van der Waals surface area contributed by atoms with E-state index in [1.807, 2.05) is 55.8 Å². The Morgan fingerprint density at radius 1 is 0.719 bits per heavy atom. The highest BCUT2D eigenvalue weighted by atomic mass is 15.0. The summed E-state index contributed by atoms with van der Waals surface area (Å²) in [5, 5.41) is 5.66. The predicted octanol–water partition coefficient (Wildman–Crippen LogP) is 6.32. The van der Waals surface area contributed by atoms with Crippen LogP contribution in [0.25, 0.3) is 33.2 Å². The Morgan fingerprint density at radius 3 is 2.34 bits per heavy atom. The first-order valence-electron chi connectivity index (χ1n) is 10.8. The molecule has 0 aliphatic heterocycles. The van der Waals surface area contributed by atoms with Gasteiger partial charge in [0.2, 0.25) is 0 Å². The number of nitrogens with zero attached hydrogens (tertiary/aromatic N) is 3. The van der Waals surface area contributed by atoms with Crippen molar-refractivity contribution < 1.29 is 0 Å². The molecule has 4 nitrogen and oxygen atoms in total. The van der Waals surface area contributed by atoms with Crippen LogP contribution in [0.2, 0.25) is 0 Å². The van der Waals surface area contributed by atoms with Crippen LogP contribution >= 0.6 is 0 Å². The fourth-order valence-electron chi connectivity index (χ4n) is 3.89. The van der Waals surface area contributed by atoms with Crippen molar-refractivity contribution in [1.29, 1.82) is 0 Å². The molecule has 3 aromatic heterocycles. The van der Waals surface area contributed by atoms with Crippen LogP contribution < -0.4 is 5.32 Å². The van der Waals surface area contributed by atoms with Crippen molar-refractivity contribution in [3.05, 3.63) is 109 Å². The second-order valence-electron chi connectivity index (χ2n) is 7.88. The molecule has 1 N–H and O–H groups in total. The summed E-state index contributed by atoms with van der Waals surface area (Å²) in [6.07, 6.45) is 6.55. The van der Waals surface area contributed by atoms with E-state index in [0.717, 1.165) is 46.5 Å². The van der Waals surface area contributed by atoms with Crippen LogP contribution in [-0.4, -0.2) is 21.5 Å². The number of aromatic nitrogens is 3. The summed E-state index contributed by atoms with van der Waals surface area (Å²) in [6.45, 7) is 2.82. The van der Waals surface area contributed by atoms with Crippen molar-refractivity contribution in [2.24, 2.45) is 0 Å². The van der Waals surface area contributed by atoms with E-state index >= 15 is 0 Å². The molecule has 0 aliphatic carbocycles. The van der Waals surface area contributed by atoms with Crippen molar-refractivity contribution in [2.75, 3.05) is 11.9 Å². The van der Waals surface area contributed by atoms with Gasteiger partial charge in [-0.3, -0.25) is 9.97 Å². The summed E-state index contributed by atoms with van der Waals surface area (Å²) in [6, 6.07) is 27.3. The Bertz CT molecular complexity index is 1350. The SMILES string of the molecule is Cc1cc(-c2ccc(CCNc3nccc4cc(-c5ccccc5)ncc34)cc2)ccn1. The Kier molecular flexibility index (Phi) is 5.58. The zero-order valence-corrected chi connectivity index (χ0v) is 18.0. The molecule has 0 amide bonds. The van der Waals surface area contributed by atoms with Gasteiger partial charge in [-0.2, -0.15) is 0 Å². The van der Waals surface area contributed by atoms with Crippen LogP contribution in [0.15, 0.2) is 97.5 Å². The number of rotatable bonds is 6.